The van der Waals surface area contributed by atoms with Crippen molar-refractivity contribution in [3.05, 3.63) is 0 Å². The van der Waals surface area contributed by atoms with Crippen LogP contribution in [0.5, 0.6) is 0 Å². The van der Waals surface area contributed by atoms with Crippen molar-refractivity contribution in [2.24, 2.45) is 81.2 Å². The normalized spacial score (nSPS) is 25.5. The van der Waals surface area contributed by atoms with Gasteiger partial charge >= 0.3 is 89.5 Å². The number of carbonyl (C=O) groups is 15. The van der Waals surface area contributed by atoms with Crippen LogP contribution in [0.3, 0.4) is 0 Å². The summed E-state index contributed by atoms with van der Waals surface area (Å²) in [5, 5.41) is 0. The lowest BCUT2D eigenvalue weighted by molar-refractivity contribution is -0.283. The van der Waals surface area contributed by atoms with Gasteiger partial charge in [0.15, 0.2) is 41.3 Å². The lowest BCUT2D eigenvalue weighted by Crippen LogP contribution is -2.52. The Labute approximate surface area is 866 Å². The van der Waals surface area contributed by atoms with Gasteiger partial charge in [0.1, 0.15) is 163 Å². The molecule has 44 heteroatoms. The van der Waals surface area contributed by atoms with E-state index in [0.29, 0.717) is 12.8 Å². The summed E-state index contributed by atoms with van der Waals surface area (Å²) in [6, 6.07) is 0. The van der Waals surface area contributed by atoms with Crippen molar-refractivity contribution in [3.8, 4) is 12.3 Å². The SMILES string of the molecule is C#CCOC(=O)C(C)(COC(=O)C(C)(COC(=O)C(C)(COC(=O)C1(C)CCC(C)(C)OC1)COC(=O)C1(C)COC(C)(C)OC1)COC(=O)C(C)(COC(=O)C1(C)COC(C)(C)OC1)COC(=O)C1(C)COC(C)(C)OC1)COC(=O)C(C)(COC(=O)C(C)(COC(=O)C1(C)CCC(C)(C)OC1)COC(=O)C1(C)COC(C)(C)OC1)COC(=O)C(C)(COC(=O)C1(C)COC(C)(C)OC1)COC(=O)C1(C)COC(C)(C)OC1. The van der Waals surface area contributed by atoms with E-state index in [-0.39, 0.29) is 105 Å². The predicted octanol–water partition coefficient (Wildman–Crippen LogP) is 8.74. The quantitative estimate of drug-likeness (QED) is 0.0312. The van der Waals surface area contributed by atoms with Gasteiger partial charge < -0.3 is 137 Å². The van der Waals surface area contributed by atoms with Gasteiger partial charge in [-0.15, -0.1) is 6.42 Å². The first-order valence-electron chi connectivity index (χ1n) is 49.6. The van der Waals surface area contributed by atoms with Gasteiger partial charge in [0, 0.05) is 0 Å². The molecule has 0 spiro atoms. The molecule has 6 atom stereocenters. The van der Waals surface area contributed by atoms with Gasteiger partial charge in [-0.3, -0.25) is 71.9 Å². The summed E-state index contributed by atoms with van der Waals surface area (Å²) in [6.45, 7) is 28.7. The number of terminal acetylenes is 1. The molecular weight excluding hydrogens is 1950 g/mol. The Kier molecular flexibility index (Phi) is 38.7. The van der Waals surface area contributed by atoms with E-state index in [1.165, 1.54) is 69.2 Å². The lowest BCUT2D eigenvalue weighted by Gasteiger charge is -2.41. The maximum absolute atomic E-state index is 15.8. The second kappa shape index (κ2) is 46.1. The van der Waals surface area contributed by atoms with Crippen LogP contribution in [-0.4, -0.2) is 327 Å². The Morgan fingerprint density at radius 3 is 0.439 bits per heavy atom. The molecule has 0 amide bonds. The molecule has 8 aliphatic heterocycles. The van der Waals surface area contributed by atoms with Gasteiger partial charge in [-0.1, -0.05) is 5.92 Å². The number of esters is 15. The molecule has 0 aromatic rings. The van der Waals surface area contributed by atoms with Crippen LogP contribution in [0.2, 0.25) is 0 Å². The standard InChI is InChI=1S/C104H160O44/c1-33-38-120-69(107)92(20,39-123-72(110)95(23,43-125-70(108)93(21,41-121-67(105)90(18)36-34-82(2,3)135-53-90)47-129-76(114)99(27)55-137-84(6,7)138-56-99)45-127-74(112)97(25,49-131-78(116)101(29)59-141-86(10,11)142-60-101)50-132-79(117)102(30)61-143-87(12,13)144-62-102)40-124-73(111)96(24,44-126-71(109)94(22,42-122-68(106)91(19)37-35-83(4,5)136-54-91)48-130-77(115)100(28)57-139-85(8,9)140-58-100)46-128-75(113)98(26,51-133-80(118)103(31)63-145-88(14,15)146-64-103)52-134-81(119)104(32)65-147-89(16,17)148-66-104/h1H,34-66H2,2-32H3. The van der Waals surface area contributed by atoms with Gasteiger partial charge in [0.05, 0.1) is 115 Å². The summed E-state index contributed by atoms with van der Waals surface area (Å²) in [7, 11) is 0. The Morgan fingerprint density at radius 1 is 0.189 bits per heavy atom. The molecule has 8 saturated heterocycles. The highest BCUT2D eigenvalue weighted by molar-refractivity contribution is 5.87. The second-order valence-electron chi connectivity index (χ2n) is 49.2. The van der Waals surface area contributed by atoms with Gasteiger partial charge in [-0.25, -0.2) is 0 Å². The Hall–Kier alpha value is -8.95. The lowest BCUT2D eigenvalue weighted by atomic mass is 9.80. The van der Waals surface area contributed by atoms with Crippen molar-refractivity contribution >= 4 is 89.5 Å². The van der Waals surface area contributed by atoms with Crippen molar-refractivity contribution in [3.63, 3.8) is 0 Å². The Balaban J connectivity index is 1.19. The van der Waals surface area contributed by atoms with E-state index in [2.05, 4.69) is 5.92 Å². The van der Waals surface area contributed by atoms with Crippen LogP contribution in [0, 0.1) is 93.6 Å². The minimum absolute atomic E-state index is 0.105. The molecule has 0 aliphatic carbocycles. The number of rotatable bonds is 44. The van der Waals surface area contributed by atoms with Gasteiger partial charge in [0.2, 0.25) is 0 Å². The van der Waals surface area contributed by atoms with E-state index in [4.69, 9.17) is 144 Å². The summed E-state index contributed by atoms with van der Waals surface area (Å²) in [4.78, 5) is 222. The summed E-state index contributed by atoms with van der Waals surface area (Å²) >= 11 is 0. The van der Waals surface area contributed by atoms with Crippen molar-refractivity contribution in [2.45, 2.75) is 286 Å². The first-order valence-corrected chi connectivity index (χ1v) is 49.6. The maximum atomic E-state index is 15.8. The molecule has 8 fully saturated rings. The topological polar surface area (TPSA) is 524 Å². The third-order valence-electron chi connectivity index (χ3n) is 28.0. The average molecular weight is 2110 g/mol. The number of carbonyl (C=O) groups excluding carboxylic acids is 15. The monoisotopic (exact) mass is 2110 g/mol. The Bertz CT molecular complexity index is 4050. The molecule has 0 aromatic heterocycles. The van der Waals surface area contributed by atoms with Crippen LogP contribution in [-0.2, 0) is 209 Å². The minimum Gasteiger partial charge on any atom is -0.464 e. The van der Waals surface area contributed by atoms with Crippen LogP contribution in [0.15, 0.2) is 0 Å². The van der Waals surface area contributed by atoms with Crippen LogP contribution in [0.4, 0.5) is 0 Å². The highest BCUT2D eigenvalue weighted by Gasteiger charge is 2.58. The average Bonchev–Trinajstić information content (AvgIpc) is 0.794. The summed E-state index contributed by atoms with van der Waals surface area (Å²) in [5.41, 5.74) is -29.3. The fraction of sp³-hybridized carbons (Fsp3) is 0.837. The maximum Gasteiger partial charge on any atom is 0.319 e. The number of hydrogen-bond acceptors (Lipinski definition) is 44. The molecule has 0 saturated carbocycles. The summed E-state index contributed by atoms with van der Waals surface area (Å²) in [5.74, 6) is -21.6. The van der Waals surface area contributed by atoms with Crippen molar-refractivity contribution < 1.29 is 209 Å². The van der Waals surface area contributed by atoms with E-state index in [0.717, 1.165) is 20.8 Å². The van der Waals surface area contributed by atoms with Gasteiger partial charge in [-0.2, -0.15) is 0 Å². The molecule has 0 aromatic carbocycles. The first-order chi connectivity index (χ1) is 67.6. The molecule has 8 rings (SSSR count). The van der Waals surface area contributed by atoms with Crippen LogP contribution >= 0.6 is 0 Å². The molecule has 148 heavy (non-hydrogen) atoms. The molecule has 0 bridgehead atoms. The highest BCUT2D eigenvalue weighted by atomic mass is 16.8. The van der Waals surface area contributed by atoms with Crippen molar-refractivity contribution in [2.75, 3.05) is 192 Å². The van der Waals surface area contributed by atoms with Crippen LogP contribution in [0.1, 0.15) is 240 Å². The third-order valence-corrected chi connectivity index (χ3v) is 28.0. The van der Waals surface area contributed by atoms with Crippen LogP contribution < -0.4 is 0 Å². The Morgan fingerprint density at radius 2 is 0.311 bits per heavy atom. The van der Waals surface area contributed by atoms with Crippen molar-refractivity contribution in [1.82, 2.24) is 0 Å². The fourth-order valence-electron chi connectivity index (χ4n) is 14.7. The fourth-order valence-corrected chi connectivity index (χ4v) is 14.7. The molecule has 0 N–H and O–H groups in total. The summed E-state index contributed by atoms with van der Waals surface area (Å²) in [6.07, 6.45) is 7.02. The van der Waals surface area contributed by atoms with Gasteiger partial charge in [-0.05, 0) is 240 Å². The van der Waals surface area contributed by atoms with Gasteiger partial charge in [0.25, 0.3) is 0 Å². The van der Waals surface area contributed by atoms with Crippen molar-refractivity contribution in [1.29, 1.82) is 0 Å². The zero-order chi connectivity index (χ0) is 112. The highest BCUT2D eigenvalue weighted by Crippen LogP contribution is 2.45. The van der Waals surface area contributed by atoms with E-state index in [1.54, 1.807) is 96.9 Å². The number of ether oxygens (including phenoxy) is 29. The van der Waals surface area contributed by atoms with Crippen LogP contribution in [0.25, 0.3) is 0 Å². The van der Waals surface area contributed by atoms with E-state index < -0.39 is 316 Å². The summed E-state index contributed by atoms with van der Waals surface area (Å²) < 4.78 is 171. The smallest absolute Gasteiger partial charge is 0.319 e. The largest absolute Gasteiger partial charge is 0.464 e. The predicted molar refractivity (Wildman–Crippen MR) is 509 cm³/mol. The van der Waals surface area contributed by atoms with E-state index >= 15 is 28.8 Å². The minimum atomic E-state index is -2.57. The molecular formula is C104H160O44. The first kappa shape index (κ1) is 124. The van der Waals surface area contributed by atoms with E-state index in [9.17, 15) is 43.2 Å². The molecule has 8 heterocycles. The zero-order valence-corrected chi connectivity index (χ0v) is 92.4. The zero-order valence-electron chi connectivity index (χ0n) is 92.4. The van der Waals surface area contributed by atoms with E-state index in [1.807, 2.05) is 27.7 Å². The number of hydrogen-bond donors (Lipinski definition) is 0. The molecule has 8 aliphatic rings. The molecule has 44 nitrogen and oxygen atoms in total. The second-order valence-corrected chi connectivity index (χ2v) is 49.2. The molecule has 6 unspecified atom stereocenters. The molecule has 840 valence electrons. The molecule has 0 radical (unpaired) electrons. The third kappa shape index (κ3) is 32.1.